The summed E-state index contributed by atoms with van der Waals surface area (Å²) in [6.45, 7) is 6.67. The van der Waals surface area contributed by atoms with Crippen molar-refractivity contribution >= 4 is 0 Å². The first-order valence-corrected chi connectivity index (χ1v) is 8.95. The Kier molecular flexibility index (Phi) is 5.10. The van der Waals surface area contributed by atoms with Gasteiger partial charge in [-0.25, -0.2) is 0 Å². The molecular formula is C23H25N. The second kappa shape index (κ2) is 7.44. The Bertz CT molecular complexity index is 739. The van der Waals surface area contributed by atoms with Gasteiger partial charge in [-0.3, -0.25) is 4.98 Å². The fraction of sp³-hybridized carbons (Fsp3) is 0.261. The molecule has 0 saturated carbocycles. The molecule has 1 aromatic heterocycles. The van der Waals surface area contributed by atoms with Crippen molar-refractivity contribution in [1.29, 1.82) is 0 Å². The SMILES string of the molecule is CCc1nc(CC)c(-c2ccccc2)c(CC)c1-c1ccccc1. The second-order valence-electron chi connectivity index (χ2n) is 6.03. The van der Waals surface area contributed by atoms with E-state index in [0.717, 1.165) is 19.3 Å². The molecule has 0 aliphatic rings. The highest BCUT2D eigenvalue weighted by Crippen LogP contribution is 2.37. The van der Waals surface area contributed by atoms with E-state index in [-0.39, 0.29) is 0 Å². The molecule has 0 unspecified atom stereocenters. The van der Waals surface area contributed by atoms with Crippen molar-refractivity contribution in [3.63, 3.8) is 0 Å². The molecular weight excluding hydrogens is 290 g/mol. The van der Waals surface area contributed by atoms with Crippen LogP contribution in [0.25, 0.3) is 22.3 Å². The van der Waals surface area contributed by atoms with Gasteiger partial charge in [0, 0.05) is 22.5 Å². The molecule has 2 aromatic carbocycles. The number of aromatic nitrogens is 1. The van der Waals surface area contributed by atoms with Crippen LogP contribution in [0.5, 0.6) is 0 Å². The number of pyridine rings is 1. The van der Waals surface area contributed by atoms with Crippen LogP contribution in [-0.4, -0.2) is 4.98 Å². The predicted molar refractivity (Wildman–Crippen MR) is 103 cm³/mol. The number of rotatable bonds is 5. The average Bonchev–Trinajstić information content (AvgIpc) is 2.67. The van der Waals surface area contributed by atoms with Crippen molar-refractivity contribution in [3.8, 4) is 22.3 Å². The van der Waals surface area contributed by atoms with Crippen LogP contribution >= 0.6 is 0 Å². The van der Waals surface area contributed by atoms with Gasteiger partial charge in [0.1, 0.15) is 0 Å². The zero-order chi connectivity index (χ0) is 16.9. The molecule has 1 heteroatoms. The summed E-state index contributed by atoms with van der Waals surface area (Å²) in [4.78, 5) is 5.07. The molecule has 0 fully saturated rings. The van der Waals surface area contributed by atoms with Crippen LogP contribution in [0.4, 0.5) is 0 Å². The lowest BCUT2D eigenvalue weighted by atomic mass is 9.87. The van der Waals surface area contributed by atoms with Gasteiger partial charge in [-0.05, 0) is 36.0 Å². The van der Waals surface area contributed by atoms with Crippen LogP contribution in [-0.2, 0) is 19.3 Å². The minimum Gasteiger partial charge on any atom is -0.257 e. The van der Waals surface area contributed by atoms with E-state index >= 15 is 0 Å². The first-order chi connectivity index (χ1) is 11.8. The number of aryl methyl sites for hydroxylation is 2. The molecule has 3 aromatic rings. The van der Waals surface area contributed by atoms with Crippen LogP contribution in [0.1, 0.15) is 37.7 Å². The highest BCUT2D eigenvalue weighted by atomic mass is 14.7. The summed E-state index contributed by atoms with van der Waals surface area (Å²) in [5.41, 5.74) is 9.07. The zero-order valence-electron chi connectivity index (χ0n) is 14.8. The lowest BCUT2D eigenvalue weighted by Gasteiger charge is -2.21. The molecule has 0 aliphatic carbocycles. The molecule has 0 bridgehead atoms. The third-order valence-corrected chi connectivity index (χ3v) is 4.60. The smallest absolute Gasteiger partial charge is 0.0485 e. The lowest BCUT2D eigenvalue weighted by Crippen LogP contribution is -2.06. The first-order valence-electron chi connectivity index (χ1n) is 8.95. The maximum Gasteiger partial charge on any atom is 0.0485 e. The number of hydrogen-bond donors (Lipinski definition) is 0. The van der Waals surface area contributed by atoms with Crippen LogP contribution in [0.3, 0.4) is 0 Å². The predicted octanol–water partition coefficient (Wildman–Crippen LogP) is 6.10. The van der Waals surface area contributed by atoms with Gasteiger partial charge in [0.05, 0.1) is 0 Å². The van der Waals surface area contributed by atoms with Crippen molar-refractivity contribution < 1.29 is 0 Å². The first kappa shape index (κ1) is 16.4. The standard InChI is InChI=1S/C23H25N/c1-4-19-22(17-13-9-7-10-14-17)20(5-2)24-21(6-3)23(19)18-15-11-8-12-16-18/h7-16H,4-6H2,1-3H3. The molecule has 0 aliphatic heterocycles. The maximum atomic E-state index is 5.07. The van der Waals surface area contributed by atoms with Gasteiger partial charge >= 0.3 is 0 Å². The number of nitrogens with zero attached hydrogens (tertiary/aromatic N) is 1. The Morgan fingerprint density at radius 2 is 1.00 bits per heavy atom. The van der Waals surface area contributed by atoms with Crippen molar-refractivity contribution in [2.24, 2.45) is 0 Å². The fourth-order valence-electron chi connectivity index (χ4n) is 3.50. The molecule has 24 heavy (non-hydrogen) atoms. The van der Waals surface area contributed by atoms with Gasteiger partial charge in [0.25, 0.3) is 0 Å². The Labute approximate surface area is 145 Å². The van der Waals surface area contributed by atoms with E-state index in [2.05, 4.69) is 81.4 Å². The summed E-state index contributed by atoms with van der Waals surface area (Å²) in [6.07, 6.45) is 2.93. The van der Waals surface area contributed by atoms with Gasteiger partial charge in [0.15, 0.2) is 0 Å². The fourth-order valence-corrected chi connectivity index (χ4v) is 3.50. The molecule has 0 amide bonds. The highest BCUT2D eigenvalue weighted by Gasteiger charge is 2.19. The molecule has 0 saturated heterocycles. The molecule has 0 atom stereocenters. The molecule has 1 heterocycles. The van der Waals surface area contributed by atoms with Crippen molar-refractivity contribution in [1.82, 2.24) is 4.98 Å². The largest absolute Gasteiger partial charge is 0.257 e. The third-order valence-electron chi connectivity index (χ3n) is 4.60. The third kappa shape index (κ3) is 2.99. The van der Waals surface area contributed by atoms with Crippen molar-refractivity contribution in [3.05, 3.63) is 77.6 Å². The summed E-state index contributed by atoms with van der Waals surface area (Å²) in [5.74, 6) is 0. The minimum atomic E-state index is 0.958. The maximum absolute atomic E-state index is 5.07. The van der Waals surface area contributed by atoms with Gasteiger partial charge in [-0.15, -0.1) is 0 Å². The Morgan fingerprint density at radius 1 is 0.583 bits per heavy atom. The monoisotopic (exact) mass is 315 g/mol. The second-order valence-corrected chi connectivity index (χ2v) is 6.03. The summed E-state index contributed by atoms with van der Waals surface area (Å²) in [6, 6.07) is 21.4. The number of hydrogen-bond acceptors (Lipinski definition) is 1. The van der Waals surface area contributed by atoms with Crippen molar-refractivity contribution in [2.45, 2.75) is 40.0 Å². The van der Waals surface area contributed by atoms with E-state index < -0.39 is 0 Å². The van der Waals surface area contributed by atoms with Crippen molar-refractivity contribution in [2.75, 3.05) is 0 Å². The quantitative estimate of drug-likeness (QED) is 0.554. The Morgan fingerprint density at radius 3 is 1.33 bits per heavy atom. The summed E-state index contributed by atoms with van der Waals surface area (Å²) in [7, 11) is 0. The minimum absolute atomic E-state index is 0.958. The lowest BCUT2D eigenvalue weighted by molar-refractivity contribution is 0.941. The zero-order valence-corrected chi connectivity index (χ0v) is 14.8. The topological polar surface area (TPSA) is 12.9 Å². The van der Waals surface area contributed by atoms with E-state index in [4.69, 9.17) is 4.98 Å². The molecule has 3 rings (SSSR count). The number of benzene rings is 2. The average molecular weight is 315 g/mol. The van der Waals surface area contributed by atoms with Crippen LogP contribution in [0.2, 0.25) is 0 Å². The van der Waals surface area contributed by atoms with E-state index in [1.165, 1.54) is 39.2 Å². The molecule has 0 N–H and O–H groups in total. The van der Waals surface area contributed by atoms with E-state index in [9.17, 15) is 0 Å². The highest BCUT2D eigenvalue weighted by molar-refractivity contribution is 5.81. The molecule has 0 spiro atoms. The summed E-state index contributed by atoms with van der Waals surface area (Å²) in [5, 5.41) is 0. The van der Waals surface area contributed by atoms with Gasteiger partial charge < -0.3 is 0 Å². The molecule has 0 radical (unpaired) electrons. The van der Waals surface area contributed by atoms with Gasteiger partial charge in [-0.2, -0.15) is 0 Å². The van der Waals surface area contributed by atoms with Crippen LogP contribution < -0.4 is 0 Å². The summed E-state index contributed by atoms with van der Waals surface area (Å²) < 4.78 is 0. The van der Waals surface area contributed by atoms with E-state index in [1.54, 1.807) is 0 Å². The van der Waals surface area contributed by atoms with E-state index in [1.807, 2.05) is 0 Å². The summed E-state index contributed by atoms with van der Waals surface area (Å²) >= 11 is 0. The normalized spacial score (nSPS) is 10.8. The molecule has 122 valence electrons. The van der Waals surface area contributed by atoms with Crippen LogP contribution in [0, 0.1) is 0 Å². The van der Waals surface area contributed by atoms with E-state index in [0.29, 0.717) is 0 Å². The Hall–Kier alpha value is -2.41. The van der Waals surface area contributed by atoms with Gasteiger partial charge in [0.2, 0.25) is 0 Å². The van der Waals surface area contributed by atoms with Gasteiger partial charge in [-0.1, -0.05) is 81.4 Å². The van der Waals surface area contributed by atoms with Crippen LogP contribution in [0.15, 0.2) is 60.7 Å². The Balaban J connectivity index is 2.37. The molecule has 1 nitrogen and oxygen atoms in total.